The Morgan fingerprint density at radius 2 is 1.64 bits per heavy atom. The maximum atomic E-state index is 13.0. The summed E-state index contributed by atoms with van der Waals surface area (Å²) >= 11 is 5.98. The van der Waals surface area contributed by atoms with Crippen LogP contribution >= 0.6 is 11.6 Å². The van der Waals surface area contributed by atoms with Crippen LogP contribution in [0.3, 0.4) is 0 Å². The van der Waals surface area contributed by atoms with Crippen molar-refractivity contribution in [1.29, 1.82) is 0 Å². The van der Waals surface area contributed by atoms with Crippen LogP contribution in [0, 0.1) is 0 Å². The number of hydrogen-bond acceptors (Lipinski definition) is 6. The summed E-state index contributed by atoms with van der Waals surface area (Å²) in [5, 5.41) is 0.563. The molecule has 9 nitrogen and oxygen atoms in total. The van der Waals surface area contributed by atoms with Gasteiger partial charge in [-0.25, -0.2) is 4.79 Å². The number of nitrogens with zero attached hydrogens (tertiary/aromatic N) is 4. The third kappa shape index (κ3) is 6.12. The highest BCUT2D eigenvalue weighted by molar-refractivity contribution is 6.30. The van der Waals surface area contributed by atoms with Gasteiger partial charge in [-0.3, -0.25) is 23.9 Å². The summed E-state index contributed by atoms with van der Waals surface area (Å²) < 4.78 is 50.8. The molecule has 0 bridgehead atoms. The van der Waals surface area contributed by atoms with Crippen molar-refractivity contribution in [1.82, 2.24) is 24.1 Å². The zero-order valence-corrected chi connectivity index (χ0v) is 20.7. The number of imidazole rings is 1. The van der Waals surface area contributed by atoms with Crippen LogP contribution in [0.25, 0.3) is 11.2 Å². The summed E-state index contributed by atoms with van der Waals surface area (Å²) in [5.74, 6) is -0.504. The molecule has 0 aliphatic rings. The van der Waals surface area contributed by atoms with Crippen molar-refractivity contribution in [2.75, 3.05) is 0 Å². The van der Waals surface area contributed by atoms with Gasteiger partial charge in [0.1, 0.15) is 11.5 Å². The molecule has 3 aromatic heterocycles. The van der Waals surface area contributed by atoms with E-state index in [0.717, 1.165) is 23.3 Å². The van der Waals surface area contributed by atoms with Crippen molar-refractivity contribution in [3.8, 4) is 17.5 Å². The first-order chi connectivity index (χ1) is 18.7. The van der Waals surface area contributed by atoms with Gasteiger partial charge in [0.2, 0.25) is 0 Å². The number of halogens is 4. The zero-order chi connectivity index (χ0) is 27.6. The van der Waals surface area contributed by atoms with E-state index in [-0.39, 0.29) is 36.0 Å². The Morgan fingerprint density at radius 1 is 0.923 bits per heavy atom. The molecule has 0 aliphatic heterocycles. The van der Waals surface area contributed by atoms with Gasteiger partial charge in [0.05, 0.1) is 6.54 Å². The maximum Gasteiger partial charge on any atom is 0.573 e. The minimum Gasteiger partial charge on any atom is -0.425 e. The number of aromatic nitrogens is 5. The number of benzene rings is 2. The number of alkyl halides is 3. The lowest BCUT2D eigenvalue weighted by Gasteiger charge is -2.12. The Balaban J connectivity index is 1.60. The van der Waals surface area contributed by atoms with Crippen LogP contribution in [0.1, 0.15) is 11.1 Å². The lowest BCUT2D eigenvalue weighted by molar-refractivity contribution is -0.274. The summed E-state index contributed by atoms with van der Waals surface area (Å²) in [6, 6.07) is 15.3. The fourth-order valence-electron chi connectivity index (χ4n) is 3.99. The average molecular weight is 558 g/mol. The number of H-pyrrole nitrogens is 1. The molecule has 200 valence electrons. The lowest BCUT2D eigenvalue weighted by Crippen LogP contribution is -2.31. The summed E-state index contributed by atoms with van der Waals surface area (Å²) in [4.78, 5) is 36.5. The molecule has 39 heavy (non-hydrogen) atoms. The predicted octanol–water partition coefficient (Wildman–Crippen LogP) is 4.92. The second-order valence-corrected chi connectivity index (χ2v) is 8.86. The van der Waals surface area contributed by atoms with Crippen LogP contribution in [0.5, 0.6) is 17.5 Å². The van der Waals surface area contributed by atoms with Gasteiger partial charge >= 0.3 is 18.1 Å². The monoisotopic (exact) mass is 557 g/mol. The SMILES string of the molecule is O=c1[nH]c(=O)n(Cc2ccncc2)c2nc(Oc3cccc(OC(F)(F)F)c3)n(CCc3ccc(Cl)cc3)c12. The van der Waals surface area contributed by atoms with Gasteiger partial charge in [-0.05, 0) is 53.9 Å². The van der Waals surface area contributed by atoms with Crippen LogP contribution in [-0.4, -0.2) is 30.4 Å². The molecule has 0 radical (unpaired) electrons. The Morgan fingerprint density at radius 3 is 2.36 bits per heavy atom. The highest BCUT2D eigenvalue weighted by Gasteiger charge is 2.31. The van der Waals surface area contributed by atoms with E-state index in [1.54, 1.807) is 36.7 Å². The fourth-order valence-corrected chi connectivity index (χ4v) is 4.11. The number of hydrogen-bond donors (Lipinski definition) is 1. The first-order valence-corrected chi connectivity index (χ1v) is 11.9. The number of ether oxygens (including phenoxy) is 2. The topological polar surface area (TPSA) is 104 Å². The third-order valence-corrected chi connectivity index (χ3v) is 5.98. The molecule has 0 saturated carbocycles. The Kier molecular flexibility index (Phi) is 7.11. The molecule has 1 N–H and O–H groups in total. The second kappa shape index (κ2) is 10.7. The van der Waals surface area contributed by atoms with Crippen LogP contribution in [0.4, 0.5) is 13.2 Å². The molecule has 13 heteroatoms. The number of aryl methyl sites for hydroxylation is 2. The molecular weight excluding hydrogens is 539 g/mol. The summed E-state index contributed by atoms with van der Waals surface area (Å²) in [6.07, 6.45) is -1.32. The Labute approximate surface area is 223 Å². The highest BCUT2D eigenvalue weighted by atomic mass is 35.5. The molecule has 0 unspecified atom stereocenters. The van der Waals surface area contributed by atoms with E-state index in [4.69, 9.17) is 16.3 Å². The molecule has 0 fully saturated rings. The van der Waals surface area contributed by atoms with Crippen molar-refractivity contribution in [2.45, 2.75) is 25.9 Å². The number of rotatable bonds is 8. The average Bonchev–Trinajstić information content (AvgIpc) is 3.24. The van der Waals surface area contributed by atoms with E-state index in [1.807, 2.05) is 12.1 Å². The van der Waals surface area contributed by atoms with Gasteiger partial charge in [-0.1, -0.05) is 29.8 Å². The van der Waals surface area contributed by atoms with E-state index in [9.17, 15) is 22.8 Å². The Hall–Kier alpha value is -4.58. The highest BCUT2D eigenvalue weighted by Crippen LogP contribution is 2.30. The van der Waals surface area contributed by atoms with Crippen LogP contribution in [-0.2, 0) is 19.5 Å². The van der Waals surface area contributed by atoms with E-state index < -0.39 is 23.4 Å². The molecule has 0 amide bonds. The largest absolute Gasteiger partial charge is 0.573 e. The van der Waals surface area contributed by atoms with Crippen molar-refractivity contribution in [3.05, 3.63) is 110 Å². The molecule has 5 rings (SSSR count). The van der Waals surface area contributed by atoms with Crippen molar-refractivity contribution >= 4 is 22.8 Å². The number of pyridine rings is 1. The molecule has 0 saturated heterocycles. The molecule has 5 aromatic rings. The first-order valence-electron chi connectivity index (χ1n) is 11.6. The van der Waals surface area contributed by atoms with Crippen LogP contribution in [0.2, 0.25) is 5.02 Å². The zero-order valence-electron chi connectivity index (χ0n) is 20.0. The minimum atomic E-state index is -4.89. The fraction of sp³-hybridized carbons (Fsp3) is 0.154. The van der Waals surface area contributed by atoms with Crippen LogP contribution in [0.15, 0.2) is 82.6 Å². The summed E-state index contributed by atoms with van der Waals surface area (Å²) in [5.41, 5.74) is 0.377. The van der Waals surface area contributed by atoms with E-state index in [2.05, 4.69) is 19.7 Å². The smallest absolute Gasteiger partial charge is 0.425 e. The number of nitrogens with one attached hydrogen (secondary N) is 1. The maximum absolute atomic E-state index is 13.0. The van der Waals surface area contributed by atoms with Gasteiger partial charge in [-0.2, -0.15) is 4.98 Å². The molecular formula is C26H19ClF3N5O4. The summed E-state index contributed by atoms with van der Waals surface area (Å²) in [6.45, 7) is 0.278. The lowest BCUT2D eigenvalue weighted by atomic mass is 10.1. The summed E-state index contributed by atoms with van der Waals surface area (Å²) in [7, 11) is 0. The third-order valence-electron chi connectivity index (χ3n) is 5.73. The predicted molar refractivity (Wildman–Crippen MR) is 136 cm³/mol. The quantitative estimate of drug-likeness (QED) is 0.290. The molecule has 3 heterocycles. The molecule has 2 aromatic carbocycles. The van der Waals surface area contributed by atoms with Gasteiger partial charge in [-0.15, -0.1) is 13.2 Å². The Bertz CT molecular complexity index is 1730. The van der Waals surface area contributed by atoms with E-state index >= 15 is 0 Å². The van der Waals surface area contributed by atoms with Crippen molar-refractivity contribution in [2.24, 2.45) is 0 Å². The van der Waals surface area contributed by atoms with Gasteiger partial charge in [0, 0.05) is 30.0 Å². The van der Waals surface area contributed by atoms with Crippen molar-refractivity contribution < 1.29 is 22.6 Å². The molecule has 0 spiro atoms. The normalized spacial score (nSPS) is 11.6. The van der Waals surface area contributed by atoms with Gasteiger partial charge < -0.3 is 9.47 Å². The van der Waals surface area contributed by atoms with Crippen LogP contribution < -0.4 is 20.7 Å². The van der Waals surface area contributed by atoms with Gasteiger partial charge in [0.25, 0.3) is 5.56 Å². The van der Waals surface area contributed by atoms with E-state index in [1.165, 1.54) is 21.3 Å². The molecule has 0 atom stereocenters. The van der Waals surface area contributed by atoms with Crippen molar-refractivity contribution in [3.63, 3.8) is 0 Å². The minimum absolute atomic E-state index is 0.0146. The number of aromatic amines is 1. The standard InChI is InChI=1S/C26H19ClF3N5O4/c27-18-6-4-16(5-7-18)10-13-34-21-22(35(24(37)33-23(21)36)15-17-8-11-31-12-9-17)32-25(34)38-19-2-1-3-20(14-19)39-26(28,29)30/h1-9,11-12,14H,10,13,15H2,(H,33,36,37). The second-order valence-electron chi connectivity index (χ2n) is 8.42. The van der Waals surface area contributed by atoms with Gasteiger partial charge in [0.15, 0.2) is 11.2 Å². The molecule has 0 aliphatic carbocycles. The number of fused-ring (bicyclic) bond motifs is 1. The van der Waals surface area contributed by atoms with E-state index in [0.29, 0.717) is 11.4 Å². The first kappa shape index (κ1) is 26.0.